The Balaban J connectivity index is 4.62. The molecular formula is C11H25NO3Si2. The average molecular weight is 275 g/mol. The van der Waals surface area contributed by atoms with Gasteiger partial charge in [0, 0.05) is 0 Å². The van der Waals surface area contributed by atoms with E-state index in [4.69, 9.17) is 14.3 Å². The van der Waals surface area contributed by atoms with Gasteiger partial charge < -0.3 is 8.85 Å². The molecule has 0 aromatic rings. The third kappa shape index (κ3) is 7.33. The number of nitrogens with one attached hydrogen (secondary N) is 1. The molecule has 0 aromatic heterocycles. The third-order valence-corrected chi connectivity index (χ3v) is 3.48. The van der Waals surface area contributed by atoms with E-state index in [1.54, 1.807) is 0 Å². The molecule has 0 saturated carbocycles. The molecule has 6 heteroatoms. The maximum Gasteiger partial charge on any atom is 0.304 e. The van der Waals surface area contributed by atoms with Crippen LogP contribution >= 0.6 is 0 Å². The molecule has 0 aromatic carbocycles. The van der Waals surface area contributed by atoms with Crippen LogP contribution in [-0.2, 0) is 13.6 Å². The Morgan fingerprint density at radius 3 is 1.76 bits per heavy atom. The zero-order valence-corrected chi connectivity index (χ0v) is 14.0. The first-order chi connectivity index (χ1) is 7.46. The van der Waals surface area contributed by atoms with Crippen LogP contribution in [0.4, 0.5) is 0 Å². The lowest BCUT2D eigenvalue weighted by Gasteiger charge is -2.26. The van der Waals surface area contributed by atoms with Crippen molar-refractivity contribution in [3.05, 3.63) is 0 Å². The molecular weight excluding hydrogens is 250 g/mol. The highest BCUT2D eigenvalue weighted by molar-refractivity contribution is 6.72. The van der Waals surface area contributed by atoms with E-state index in [0.717, 1.165) is 0 Å². The summed E-state index contributed by atoms with van der Waals surface area (Å²) in [5, 5.41) is 7.87. The van der Waals surface area contributed by atoms with Crippen molar-refractivity contribution in [1.29, 1.82) is 5.41 Å². The van der Waals surface area contributed by atoms with Crippen molar-refractivity contribution in [1.82, 2.24) is 0 Å². The minimum absolute atomic E-state index is 0.0647. The van der Waals surface area contributed by atoms with Crippen LogP contribution in [0.5, 0.6) is 0 Å². The van der Waals surface area contributed by atoms with Crippen molar-refractivity contribution in [3.8, 4) is 0 Å². The fourth-order valence-electron chi connectivity index (χ4n) is 1.23. The molecule has 0 amide bonds. The Hall–Kier alpha value is -0.626. The van der Waals surface area contributed by atoms with Crippen LogP contribution in [0.2, 0.25) is 39.3 Å². The lowest BCUT2D eigenvalue weighted by Crippen LogP contribution is -2.39. The fourth-order valence-corrected chi connectivity index (χ4v) is 2.78. The second kappa shape index (κ2) is 5.81. The summed E-state index contributed by atoms with van der Waals surface area (Å²) in [6.07, 6.45) is 0.548. The molecule has 0 saturated heterocycles. The first kappa shape index (κ1) is 16.4. The monoisotopic (exact) mass is 275 g/mol. The minimum Gasteiger partial charge on any atom is -0.534 e. The Morgan fingerprint density at radius 2 is 1.47 bits per heavy atom. The molecule has 4 nitrogen and oxygen atoms in total. The van der Waals surface area contributed by atoms with Gasteiger partial charge in [-0.05, 0) is 45.7 Å². The van der Waals surface area contributed by atoms with Gasteiger partial charge >= 0.3 is 5.97 Å². The maximum absolute atomic E-state index is 11.9. The summed E-state index contributed by atoms with van der Waals surface area (Å²) in [4.78, 5) is 11.9. The van der Waals surface area contributed by atoms with E-state index >= 15 is 0 Å². The SMILES string of the molecule is CCC(C(=N)O[Si](C)(C)C)C(=O)O[Si](C)(C)C. The summed E-state index contributed by atoms with van der Waals surface area (Å²) in [7, 11) is -3.72. The van der Waals surface area contributed by atoms with Gasteiger partial charge in [0.2, 0.25) is 16.6 Å². The van der Waals surface area contributed by atoms with Crippen molar-refractivity contribution in [2.45, 2.75) is 52.6 Å². The fraction of sp³-hybridized carbons (Fsp3) is 0.818. The topological polar surface area (TPSA) is 59.4 Å². The number of hydrogen-bond acceptors (Lipinski definition) is 4. The van der Waals surface area contributed by atoms with Gasteiger partial charge in [-0.15, -0.1) is 0 Å². The predicted molar refractivity (Wildman–Crippen MR) is 75.4 cm³/mol. The maximum atomic E-state index is 11.9. The predicted octanol–water partition coefficient (Wildman–Crippen LogP) is 3.22. The molecule has 0 fully saturated rings. The van der Waals surface area contributed by atoms with E-state index in [-0.39, 0.29) is 11.9 Å². The smallest absolute Gasteiger partial charge is 0.304 e. The van der Waals surface area contributed by atoms with E-state index in [1.807, 2.05) is 46.2 Å². The molecule has 1 N–H and O–H groups in total. The van der Waals surface area contributed by atoms with E-state index in [9.17, 15) is 4.79 Å². The molecule has 0 aliphatic heterocycles. The van der Waals surface area contributed by atoms with Crippen molar-refractivity contribution in [2.75, 3.05) is 0 Å². The Kier molecular flexibility index (Phi) is 5.60. The molecule has 100 valence electrons. The zero-order chi connectivity index (χ0) is 13.9. The highest BCUT2D eigenvalue weighted by Crippen LogP contribution is 2.16. The minimum atomic E-state index is -1.89. The van der Waals surface area contributed by atoms with Gasteiger partial charge in [0.25, 0.3) is 0 Å². The molecule has 0 aliphatic rings. The van der Waals surface area contributed by atoms with Crippen molar-refractivity contribution < 1.29 is 13.6 Å². The van der Waals surface area contributed by atoms with Gasteiger partial charge in [-0.1, -0.05) is 6.92 Å². The first-order valence-corrected chi connectivity index (χ1v) is 12.8. The van der Waals surface area contributed by atoms with Gasteiger partial charge in [0.05, 0.1) is 0 Å². The summed E-state index contributed by atoms with van der Waals surface area (Å²) in [5.74, 6) is -0.793. The molecule has 1 atom stereocenters. The zero-order valence-electron chi connectivity index (χ0n) is 12.0. The normalized spacial score (nSPS) is 14.1. The van der Waals surface area contributed by atoms with Gasteiger partial charge in [-0.25, -0.2) is 0 Å². The summed E-state index contributed by atoms with van der Waals surface area (Å²) >= 11 is 0. The molecule has 0 bridgehead atoms. The van der Waals surface area contributed by atoms with Crippen molar-refractivity contribution in [2.24, 2.45) is 5.92 Å². The van der Waals surface area contributed by atoms with Crippen LogP contribution in [0.25, 0.3) is 0 Å². The van der Waals surface area contributed by atoms with Crippen molar-refractivity contribution in [3.63, 3.8) is 0 Å². The van der Waals surface area contributed by atoms with Crippen LogP contribution < -0.4 is 0 Å². The number of rotatable bonds is 5. The van der Waals surface area contributed by atoms with E-state index in [2.05, 4.69) is 0 Å². The van der Waals surface area contributed by atoms with Gasteiger partial charge in [-0.3, -0.25) is 10.2 Å². The number of carbonyl (C=O) groups is 1. The molecule has 0 radical (unpaired) electrons. The molecule has 17 heavy (non-hydrogen) atoms. The molecule has 0 aliphatic carbocycles. The molecule has 1 unspecified atom stereocenters. The Labute approximate surface area is 106 Å². The first-order valence-electron chi connectivity index (χ1n) is 5.96. The van der Waals surface area contributed by atoms with Crippen LogP contribution in [0.3, 0.4) is 0 Å². The lowest BCUT2D eigenvalue weighted by atomic mass is 10.1. The third-order valence-electron chi connectivity index (χ3n) is 1.83. The van der Waals surface area contributed by atoms with E-state index in [1.165, 1.54) is 0 Å². The highest BCUT2D eigenvalue weighted by Gasteiger charge is 2.31. The number of carbonyl (C=O) groups excluding carboxylic acids is 1. The van der Waals surface area contributed by atoms with Crippen molar-refractivity contribution >= 4 is 28.5 Å². The standard InChI is InChI=1S/C11H25NO3Si2/c1-8-9(10(12)14-16(2,3)4)11(13)15-17(5,6)7/h9,12H,8H2,1-7H3. The Bertz CT molecular complexity index is 264. The lowest BCUT2D eigenvalue weighted by molar-refractivity contribution is -0.137. The summed E-state index contributed by atoms with van der Waals surface area (Å²) in [6, 6.07) is 0. The van der Waals surface area contributed by atoms with Crippen LogP contribution in [-0.4, -0.2) is 28.5 Å². The van der Waals surface area contributed by atoms with Crippen LogP contribution in [0.1, 0.15) is 13.3 Å². The van der Waals surface area contributed by atoms with E-state index in [0.29, 0.717) is 6.42 Å². The van der Waals surface area contributed by atoms with Gasteiger partial charge in [0.1, 0.15) is 5.92 Å². The highest BCUT2D eigenvalue weighted by atomic mass is 28.4. The summed E-state index contributed by atoms with van der Waals surface area (Å²) < 4.78 is 11.0. The Morgan fingerprint density at radius 1 is 1.06 bits per heavy atom. The summed E-state index contributed by atoms with van der Waals surface area (Å²) in [6.45, 7) is 13.7. The molecule has 0 heterocycles. The summed E-state index contributed by atoms with van der Waals surface area (Å²) in [5.41, 5.74) is 0. The quantitative estimate of drug-likeness (QED) is 0.476. The number of hydrogen-bond donors (Lipinski definition) is 1. The second-order valence-electron chi connectivity index (χ2n) is 6.07. The van der Waals surface area contributed by atoms with E-state index < -0.39 is 22.6 Å². The van der Waals surface area contributed by atoms with Gasteiger partial charge in [-0.2, -0.15) is 0 Å². The average Bonchev–Trinajstić information content (AvgIpc) is 1.96. The molecule has 0 rings (SSSR count). The molecule has 0 spiro atoms. The van der Waals surface area contributed by atoms with Crippen LogP contribution in [0.15, 0.2) is 0 Å². The largest absolute Gasteiger partial charge is 0.534 e. The van der Waals surface area contributed by atoms with Crippen LogP contribution in [0, 0.1) is 11.3 Å². The second-order valence-corrected chi connectivity index (χ2v) is 14.9. The van der Waals surface area contributed by atoms with Gasteiger partial charge in [0.15, 0.2) is 5.90 Å².